The second-order valence-corrected chi connectivity index (χ2v) is 6.80. The van der Waals surface area contributed by atoms with Crippen LogP contribution in [0.4, 0.5) is 0 Å². The molecule has 138 valence electrons. The molecule has 1 amide bonds. The lowest BCUT2D eigenvalue weighted by Gasteiger charge is -2.30. The van der Waals surface area contributed by atoms with Crippen molar-refractivity contribution in [3.8, 4) is 5.75 Å². The van der Waals surface area contributed by atoms with Gasteiger partial charge in [-0.05, 0) is 56.4 Å². The Hall–Kier alpha value is -2.04. The zero-order chi connectivity index (χ0) is 18.2. The molecule has 0 unspecified atom stereocenters. The third-order valence-corrected chi connectivity index (χ3v) is 4.66. The van der Waals surface area contributed by atoms with Crippen LogP contribution in [0, 0.1) is 5.92 Å². The van der Waals surface area contributed by atoms with Gasteiger partial charge >= 0.3 is 5.97 Å². The number of hydrogen-bond donors (Lipinski definition) is 1. The Morgan fingerprint density at radius 1 is 1.20 bits per heavy atom. The lowest BCUT2D eigenvalue weighted by Crippen LogP contribution is -2.45. The molecule has 0 spiro atoms. The number of esters is 1. The van der Waals surface area contributed by atoms with Crippen molar-refractivity contribution < 1.29 is 19.1 Å². The van der Waals surface area contributed by atoms with Crippen LogP contribution >= 0.6 is 0 Å². The Bertz CT molecular complexity index is 570. The minimum absolute atomic E-state index is 0.178. The SMILES string of the molecule is CCCOc1ccc(C(=O)O[C@@H](C)C(=O)N[C@H]2CCCC[C@@H]2C)cc1. The standard InChI is InChI=1S/C20H29NO4/c1-4-13-24-17-11-9-16(10-12-17)20(23)25-15(3)19(22)21-18-8-6-5-7-14(18)2/h9-12,14-15,18H,4-8,13H2,1-3H3,(H,21,22)/t14-,15-,18-/m0/s1. The van der Waals surface area contributed by atoms with Crippen LogP contribution in [0.3, 0.4) is 0 Å². The van der Waals surface area contributed by atoms with E-state index in [4.69, 9.17) is 9.47 Å². The Morgan fingerprint density at radius 3 is 2.52 bits per heavy atom. The lowest BCUT2D eigenvalue weighted by molar-refractivity contribution is -0.130. The lowest BCUT2D eigenvalue weighted by atomic mass is 9.86. The molecule has 1 aliphatic carbocycles. The summed E-state index contributed by atoms with van der Waals surface area (Å²) in [6.07, 6.45) is 4.60. The van der Waals surface area contributed by atoms with Crippen molar-refractivity contribution in [3.05, 3.63) is 29.8 Å². The van der Waals surface area contributed by atoms with E-state index in [1.807, 2.05) is 6.92 Å². The molecule has 1 saturated carbocycles. The van der Waals surface area contributed by atoms with Gasteiger partial charge in [0.15, 0.2) is 6.10 Å². The number of ether oxygens (including phenoxy) is 2. The topological polar surface area (TPSA) is 64.6 Å². The summed E-state index contributed by atoms with van der Waals surface area (Å²) in [5, 5.41) is 3.02. The minimum atomic E-state index is -0.808. The fraction of sp³-hybridized carbons (Fsp3) is 0.600. The van der Waals surface area contributed by atoms with Crippen molar-refractivity contribution in [2.75, 3.05) is 6.61 Å². The van der Waals surface area contributed by atoms with Crippen LogP contribution in [0.25, 0.3) is 0 Å². The largest absolute Gasteiger partial charge is 0.494 e. The third kappa shape index (κ3) is 5.76. The van der Waals surface area contributed by atoms with Gasteiger partial charge in [-0.2, -0.15) is 0 Å². The highest BCUT2D eigenvalue weighted by Gasteiger charge is 2.26. The first kappa shape index (κ1) is 19.3. The second kappa shape index (κ2) is 9.44. The highest BCUT2D eigenvalue weighted by Crippen LogP contribution is 2.23. The minimum Gasteiger partial charge on any atom is -0.494 e. The Balaban J connectivity index is 1.85. The first-order valence-electron chi connectivity index (χ1n) is 9.25. The Labute approximate surface area is 150 Å². The number of carbonyl (C=O) groups is 2. The van der Waals surface area contributed by atoms with Gasteiger partial charge in [0.25, 0.3) is 5.91 Å². The van der Waals surface area contributed by atoms with Crippen molar-refractivity contribution >= 4 is 11.9 Å². The van der Waals surface area contributed by atoms with Gasteiger partial charge in [0, 0.05) is 6.04 Å². The molecule has 0 saturated heterocycles. The van der Waals surface area contributed by atoms with Crippen LogP contribution in [0.2, 0.25) is 0 Å². The normalized spacial score (nSPS) is 21.2. The summed E-state index contributed by atoms with van der Waals surface area (Å²) in [5.41, 5.74) is 0.412. The molecule has 3 atom stereocenters. The van der Waals surface area contributed by atoms with Crippen LogP contribution in [0.5, 0.6) is 5.75 Å². The number of hydrogen-bond acceptors (Lipinski definition) is 4. The molecular formula is C20H29NO4. The van der Waals surface area contributed by atoms with E-state index in [1.165, 1.54) is 6.42 Å². The predicted octanol–water partition coefficient (Wildman–Crippen LogP) is 3.72. The molecule has 2 rings (SSSR count). The van der Waals surface area contributed by atoms with Crippen molar-refractivity contribution in [1.29, 1.82) is 0 Å². The van der Waals surface area contributed by atoms with Gasteiger partial charge in [-0.1, -0.05) is 26.7 Å². The molecule has 0 bridgehead atoms. The van der Waals surface area contributed by atoms with Crippen molar-refractivity contribution in [1.82, 2.24) is 5.32 Å². The molecule has 0 aliphatic heterocycles. The maximum absolute atomic E-state index is 12.3. The first-order valence-corrected chi connectivity index (χ1v) is 9.25. The second-order valence-electron chi connectivity index (χ2n) is 6.80. The number of carbonyl (C=O) groups excluding carboxylic acids is 2. The molecule has 5 nitrogen and oxygen atoms in total. The summed E-state index contributed by atoms with van der Waals surface area (Å²) in [5.74, 6) is 0.461. The van der Waals surface area contributed by atoms with E-state index in [1.54, 1.807) is 31.2 Å². The number of nitrogens with one attached hydrogen (secondary N) is 1. The van der Waals surface area contributed by atoms with E-state index in [0.29, 0.717) is 18.1 Å². The van der Waals surface area contributed by atoms with Gasteiger partial charge in [0.05, 0.1) is 12.2 Å². The molecule has 0 aromatic heterocycles. The zero-order valence-electron chi connectivity index (χ0n) is 15.4. The van der Waals surface area contributed by atoms with Gasteiger partial charge < -0.3 is 14.8 Å². The number of rotatable bonds is 7. The molecule has 5 heteroatoms. The Kier molecular flexibility index (Phi) is 7.29. The van der Waals surface area contributed by atoms with Crippen LogP contribution in [-0.4, -0.2) is 30.6 Å². The summed E-state index contributed by atoms with van der Waals surface area (Å²) in [6.45, 7) is 6.44. The predicted molar refractivity (Wildman–Crippen MR) is 96.7 cm³/mol. The van der Waals surface area contributed by atoms with E-state index in [-0.39, 0.29) is 11.9 Å². The number of benzene rings is 1. The van der Waals surface area contributed by atoms with Gasteiger partial charge in [-0.25, -0.2) is 4.79 Å². The van der Waals surface area contributed by atoms with E-state index in [2.05, 4.69) is 12.2 Å². The number of amides is 1. The van der Waals surface area contributed by atoms with E-state index >= 15 is 0 Å². The molecule has 1 aliphatic rings. The van der Waals surface area contributed by atoms with Crippen molar-refractivity contribution in [2.24, 2.45) is 5.92 Å². The maximum Gasteiger partial charge on any atom is 0.338 e. The molecule has 0 radical (unpaired) electrons. The van der Waals surface area contributed by atoms with Crippen LogP contribution < -0.4 is 10.1 Å². The van der Waals surface area contributed by atoms with Crippen molar-refractivity contribution in [3.63, 3.8) is 0 Å². The summed E-state index contributed by atoms with van der Waals surface area (Å²) >= 11 is 0. The van der Waals surface area contributed by atoms with Gasteiger partial charge in [-0.15, -0.1) is 0 Å². The molecule has 0 heterocycles. The molecule has 1 aromatic carbocycles. The quantitative estimate of drug-likeness (QED) is 0.764. The monoisotopic (exact) mass is 347 g/mol. The average Bonchev–Trinajstić information content (AvgIpc) is 2.62. The smallest absolute Gasteiger partial charge is 0.338 e. The fourth-order valence-corrected chi connectivity index (χ4v) is 3.02. The van der Waals surface area contributed by atoms with Crippen LogP contribution in [0.15, 0.2) is 24.3 Å². The summed E-state index contributed by atoms with van der Waals surface area (Å²) in [7, 11) is 0. The average molecular weight is 347 g/mol. The summed E-state index contributed by atoms with van der Waals surface area (Å²) < 4.78 is 10.8. The van der Waals surface area contributed by atoms with E-state index < -0.39 is 12.1 Å². The van der Waals surface area contributed by atoms with Gasteiger partial charge in [0.1, 0.15) is 5.75 Å². The first-order chi connectivity index (χ1) is 12.0. The summed E-state index contributed by atoms with van der Waals surface area (Å²) in [4.78, 5) is 24.5. The van der Waals surface area contributed by atoms with Crippen LogP contribution in [-0.2, 0) is 9.53 Å². The van der Waals surface area contributed by atoms with Crippen LogP contribution in [0.1, 0.15) is 63.2 Å². The van der Waals surface area contributed by atoms with Gasteiger partial charge in [0.2, 0.25) is 0 Å². The molecule has 1 fully saturated rings. The molecular weight excluding hydrogens is 318 g/mol. The van der Waals surface area contributed by atoms with Gasteiger partial charge in [-0.3, -0.25) is 4.79 Å². The van der Waals surface area contributed by atoms with Crippen molar-refractivity contribution in [2.45, 2.75) is 65.0 Å². The maximum atomic E-state index is 12.3. The highest BCUT2D eigenvalue weighted by atomic mass is 16.5. The summed E-state index contributed by atoms with van der Waals surface area (Å²) in [6, 6.07) is 6.96. The fourth-order valence-electron chi connectivity index (χ4n) is 3.02. The van der Waals surface area contributed by atoms with E-state index in [0.717, 1.165) is 31.4 Å². The molecule has 25 heavy (non-hydrogen) atoms. The van der Waals surface area contributed by atoms with E-state index in [9.17, 15) is 9.59 Å². The highest BCUT2D eigenvalue weighted by molar-refractivity contribution is 5.92. The Morgan fingerprint density at radius 2 is 1.88 bits per heavy atom. The molecule has 1 N–H and O–H groups in total. The molecule has 1 aromatic rings. The zero-order valence-corrected chi connectivity index (χ0v) is 15.4. The third-order valence-electron chi connectivity index (χ3n) is 4.66.